The Morgan fingerprint density at radius 2 is 2.05 bits per heavy atom. The molecule has 7 nitrogen and oxygen atoms in total. The molecule has 1 aliphatic carbocycles. The zero-order valence-electron chi connectivity index (χ0n) is 11.9. The van der Waals surface area contributed by atoms with Crippen LogP contribution in [0.2, 0.25) is 0 Å². The van der Waals surface area contributed by atoms with E-state index < -0.39 is 14.9 Å². The summed E-state index contributed by atoms with van der Waals surface area (Å²) in [6.07, 6.45) is 4.11. The smallest absolute Gasteiger partial charge is 0.283 e. The molecular weight excluding hydrogens is 374 g/mol. The average Bonchev–Trinajstić information content (AvgIpc) is 2.98. The largest absolute Gasteiger partial charge is 0.329 e. The maximum Gasteiger partial charge on any atom is 0.283 e. The maximum absolute atomic E-state index is 12.4. The molecule has 0 saturated heterocycles. The van der Waals surface area contributed by atoms with Crippen LogP contribution in [0.1, 0.15) is 25.7 Å². The Morgan fingerprint density at radius 3 is 2.55 bits per heavy atom. The van der Waals surface area contributed by atoms with E-state index in [0.717, 1.165) is 25.7 Å². The van der Waals surface area contributed by atoms with Crippen molar-refractivity contribution >= 4 is 31.6 Å². The van der Waals surface area contributed by atoms with Crippen molar-refractivity contribution in [2.45, 2.75) is 36.6 Å². The first-order chi connectivity index (χ1) is 10.3. The summed E-state index contributed by atoms with van der Waals surface area (Å²) < 4.78 is 27.6. The molecule has 0 amide bonds. The summed E-state index contributed by atoms with van der Waals surface area (Å²) in [6.45, 7) is 0.234. The van der Waals surface area contributed by atoms with E-state index in [9.17, 15) is 18.5 Å². The minimum absolute atomic E-state index is 0.0126. The Morgan fingerprint density at radius 1 is 1.41 bits per heavy atom. The van der Waals surface area contributed by atoms with Gasteiger partial charge in [0.25, 0.3) is 5.69 Å². The van der Waals surface area contributed by atoms with Crippen molar-refractivity contribution in [3.63, 3.8) is 0 Å². The first kappa shape index (κ1) is 17.3. The lowest BCUT2D eigenvalue weighted by molar-refractivity contribution is -0.385. The molecule has 2 rings (SSSR count). The van der Waals surface area contributed by atoms with E-state index in [1.807, 2.05) is 0 Å². The fourth-order valence-electron chi connectivity index (χ4n) is 2.77. The summed E-state index contributed by atoms with van der Waals surface area (Å²) >= 11 is 3.03. The molecule has 1 fully saturated rings. The van der Waals surface area contributed by atoms with Gasteiger partial charge in [-0.2, -0.15) is 0 Å². The number of nitro benzene ring substituents is 1. The van der Waals surface area contributed by atoms with Crippen LogP contribution >= 0.6 is 15.9 Å². The Balaban J connectivity index is 2.22. The molecule has 0 heterocycles. The third kappa shape index (κ3) is 3.83. The van der Waals surface area contributed by atoms with Crippen LogP contribution in [-0.2, 0) is 10.0 Å². The van der Waals surface area contributed by atoms with Crippen LogP contribution in [0.4, 0.5) is 5.69 Å². The molecular formula is C13H18BrN3O4S. The van der Waals surface area contributed by atoms with Crippen LogP contribution in [-0.4, -0.2) is 25.9 Å². The fourth-order valence-corrected chi connectivity index (χ4v) is 4.79. The van der Waals surface area contributed by atoms with Gasteiger partial charge in [0.2, 0.25) is 10.0 Å². The normalized spacial score (nSPS) is 17.5. The van der Waals surface area contributed by atoms with Crippen LogP contribution in [0.5, 0.6) is 0 Å². The van der Waals surface area contributed by atoms with E-state index in [-0.39, 0.29) is 33.6 Å². The van der Waals surface area contributed by atoms with Crippen LogP contribution in [0.25, 0.3) is 0 Å². The van der Waals surface area contributed by atoms with Crippen LogP contribution in [0.15, 0.2) is 27.6 Å². The third-order valence-corrected chi connectivity index (χ3v) is 6.08. The molecule has 122 valence electrons. The zero-order valence-corrected chi connectivity index (χ0v) is 14.3. The van der Waals surface area contributed by atoms with E-state index in [4.69, 9.17) is 5.73 Å². The highest BCUT2D eigenvalue weighted by Gasteiger charge is 2.29. The minimum Gasteiger partial charge on any atom is -0.329 e. The second kappa shape index (κ2) is 7.03. The monoisotopic (exact) mass is 391 g/mol. The van der Waals surface area contributed by atoms with Gasteiger partial charge in [0.1, 0.15) is 0 Å². The fraction of sp³-hybridized carbons (Fsp3) is 0.538. The summed E-state index contributed by atoms with van der Waals surface area (Å²) in [6, 6.07) is 3.34. The molecule has 1 aliphatic rings. The van der Waals surface area contributed by atoms with Gasteiger partial charge in [0, 0.05) is 18.7 Å². The summed E-state index contributed by atoms with van der Waals surface area (Å²) in [5.41, 5.74) is 5.53. The minimum atomic E-state index is -3.76. The molecule has 0 aromatic heterocycles. The number of hydrogen-bond donors (Lipinski definition) is 2. The molecule has 0 spiro atoms. The lowest BCUT2D eigenvalue weighted by atomic mass is 9.99. The van der Waals surface area contributed by atoms with Crippen LogP contribution in [0.3, 0.4) is 0 Å². The highest BCUT2D eigenvalue weighted by atomic mass is 79.9. The standard InChI is InChI=1S/C13H18BrN3O4S/c14-11-7-10(5-6-13(11)17(18)19)22(20,21)16-12(8-15)9-3-1-2-4-9/h5-7,9,12,16H,1-4,8,15H2. The number of nitrogens with one attached hydrogen (secondary N) is 1. The number of rotatable bonds is 6. The number of nitro groups is 1. The van der Waals surface area contributed by atoms with Gasteiger partial charge in [-0.3, -0.25) is 10.1 Å². The number of hydrogen-bond acceptors (Lipinski definition) is 5. The molecule has 1 aromatic carbocycles. The molecule has 22 heavy (non-hydrogen) atoms. The number of nitrogens with two attached hydrogens (primary N) is 1. The highest BCUT2D eigenvalue weighted by molar-refractivity contribution is 9.10. The number of nitrogens with zero attached hydrogens (tertiary/aromatic N) is 1. The first-order valence-corrected chi connectivity index (χ1v) is 9.29. The van der Waals surface area contributed by atoms with Crippen molar-refractivity contribution in [3.05, 3.63) is 32.8 Å². The number of sulfonamides is 1. The van der Waals surface area contributed by atoms with Gasteiger partial charge in [-0.1, -0.05) is 12.8 Å². The summed E-state index contributed by atoms with van der Waals surface area (Å²) in [7, 11) is -3.76. The number of halogens is 1. The molecule has 1 aromatic rings. The van der Waals surface area contributed by atoms with E-state index in [2.05, 4.69) is 20.7 Å². The average molecular weight is 392 g/mol. The van der Waals surface area contributed by atoms with Crippen molar-refractivity contribution in [1.82, 2.24) is 4.72 Å². The molecule has 1 atom stereocenters. The molecule has 0 radical (unpaired) electrons. The lowest BCUT2D eigenvalue weighted by Crippen LogP contribution is -2.44. The van der Waals surface area contributed by atoms with Crippen molar-refractivity contribution in [3.8, 4) is 0 Å². The van der Waals surface area contributed by atoms with Gasteiger partial charge in [-0.15, -0.1) is 0 Å². The van der Waals surface area contributed by atoms with Gasteiger partial charge < -0.3 is 5.73 Å². The number of benzene rings is 1. The second-order valence-corrected chi connectivity index (χ2v) is 7.95. The van der Waals surface area contributed by atoms with Gasteiger partial charge in [0.15, 0.2) is 0 Å². The Kier molecular flexibility index (Phi) is 5.54. The SMILES string of the molecule is NCC(NS(=O)(=O)c1ccc([N+](=O)[O-])c(Br)c1)C1CCCC1. The summed E-state index contributed by atoms with van der Waals surface area (Å²) in [5.74, 6) is 0.251. The van der Waals surface area contributed by atoms with Crippen LogP contribution < -0.4 is 10.5 Å². The maximum atomic E-state index is 12.4. The topological polar surface area (TPSA) is 115 Å². The first-order valence-electron chi connectivity index (χ1n) is 7.01. The summed E-state index contributed by atoms with van der Waals surface area (Å²) in [5, 5.41) is 10.8. The lowest BCUT2D eigenvalue weighted by Gasteiger charge is -2.23. The van der Waals surface area contributed by atoms with Crippen molar-refractivity contribution in [2.75, 3.05) is 6.54 Å². The van der Waals surface area contributed by atoms with Crippen molar-refractivity contribution in [1.29, 1.82) is 0 Å². The Labute approximate surface area is 137 Å². The molecule has 1 saturated carbocycles. The molecule has 0 aliphatic heterocycles. The van der Waals surface area contributed by atoms with Gasteiger partial charge in [0.05, 0.1) is 14.3 Å². The van der Waals surface area contributed by atoms with Gasteiger partial charge >= 0.3 is 0 Å². The van der Waals surface area contributed by atoms with E-state index in [1.54, 1.807) is 0 Å². The quantitative estimate of drug-likeness (QED) is 0.569. The molecule has 0 bridgehead atoms. The predicted octanol–water partition coefficient (Wildman–Crippen LogP) is 2.15. The summed E-state index contributed by atoms with van der Waals surface area (Å²) in [4.78, 5) is 10.2. The van der Waals surface area contributed by atoms with Gasteiger partial charge in [-0.25, -0.2) is 13.1 Å². The van der Waals surface area contributed by atoms with E-state index in [0.29, 0.717) is 0 Å². The van der Waals surface area contributed by atoms with E-state index >= 15 is 0 Å². The van der Waals surface area contributed by atoms with Crippen LogP contribution in [0, 0.1) is 16.0 Å². The van der Waals surface area contributed by atoms with Crippen molar-refractivity contribution < 1.29 is 13.3 Å². The molecule has 3 N–H and O–H groups in total. The van der Waals surface area contributed by atoms with Gasteiger partial charge in [-0.05, 0) is 46.8 Å². The highest BCUT2D eigenvalue weighted by Crippen LogP contribution is 2.30. The third-order valence-electron chi connectivity index (χ3n) is 3.96. The predicted molar refractivity (Wildman–Crippen MR) is 85.9 cm³/mol. The Hall–Kier alpha value is -1.03. The Bertz CT molecular complexity index is 659. The van der Waals surface area contributed by atoms with E-state index in [1.165, 1.54) is 18.2 Å². The molecule has 1 unspecified atom stereocenters. The zero-order chi connectivity index (χ0) is 16.3. The van der Waals surface area contributed by atoms with Crippen molar-refractivity contribution in [2.24, 2.45) is 11.7 Å². The molecule has 9 heteroatoms. The second-order valence-electron chi connectivity index (χ2n) is 5.38.